The number of amides is 3. The minimum absolute atomic E-state index is 0.0168. The van der Waals surface area contributed by atoms with Crippen molar-refractivity contribution in [2.45, 2.75) is 104 Å². The lowest BCUT2D eigenvalue weighted by molar-refractivity contribution is -0.156. The number of ether oxygens (including phenoxy) is 4. The molecule has 1 fully saturated rings. The van der Waals surface area contributed by atoms with Crippen molar-refractivity contribution in [1.82, 2.24) is 15.1 Å². The highest BCUT2D eigenvalue weighted by Crippen LogP contribution is 2.29. The summed E-state index contributed by atoms with van der Waals surface area (Å²) in [5.74, 6) is -1.30. The zero-order valence-corrected chi connectivity index (χ0v) is 25.6. The van der Waals surface area contributed by atoms with Crippen LogP contribution in [0.4, 0.5) is 4.79 Å². The second-order valence-electron chi connectivity index (χ2n) is 11.3. The van der Waals surface area contributed by atoms with E-state index in [4.69, 9.17) is 18.9 Å². The Morgan fingerprint density at radius 3 is 2.23 bits per heavy atom. The molecule has 1 heterocycles. The van der Waals surface area contributed by atoms with Gasteiger partial charge in [-0.05, 0) is 53.4 Å². The van der Waals surface area contributed by atoms with E-state index in [1.807, 2.05) is 13.8 Å². The van der Waals surface area contributed by atoms with Crippen LogP contribution in [0.1, 0.15) is 74.1 Å². The molecule has 1 aliphatic rings. The topological polar surface area (TPSA) is 124 Å². The summed E-state index contributed by atoms with van der Waals surface area (Å²) in [6.45, 7) is 13.4. The normalized spacial score (nSPS) is 19.4. The first-order valence-corrected chi connectivity index (χ1v) is 14.0. The van der Waals surface area contributed by atoms with Gasteiger partial charge in [-0.3, -0.25) is 14.4 Å². The number of alkyl carbamates (subject to hydrolysis) is 1. The van der Waals surface area contributed by atoms with E-state index in [1.165, 1.54) is 7.11 Å². The van der Waals surface area contributed by atoms with E-state index < -0.39 is 35.9 Å². The van der Waals surface area contributed by atoms with Crippen LogP contribution in [-0.2, 0) is 33.3 Å². The molecule has 1 saturated heterocycles. The van der Waals surface area contributed by atoms with Crippen molar-refractivity contribution in [3.05, 3.63) is 0 Å². The summed E-state index contributed by atoms with van der Waals surface area (Å²) in [6, 6.07) is -0.673. The molecule has 6 unspecified atom stereocenters. The molecule has 0 bridgehead atoms. The fourth-order valence-corrected chi connectivity index (χ4v) is 5.17. The number of esters is 1. The maximum Gasteiger partial charge on any atom is 0.408 e. The summed E-state index contributed by atoms with van der Waals surface area (Å²) in [5, 5.41) is 2.51. The highest BCUT2D eigenvalue weighted by Gasteiger charge is 2.42. The Kier molecular flexibility index (Phi) is 14.2. The summed E-state index contributed by atoms with van der Waals surface area (Å²) < 4.78 is 21.9. The van der Waals surface area contributed by atoms with E-state index in [1.54, 1.807) is 58.6 Å². The largest absolute Gasteiger partial charge is 0.466 e. The van der Waals surface area contributed by atoms with E-state index in [0.717, 1.165) is 19.3 Å². The predicted octanol–water partition coefficient (Wildman–Crippen LogP) is 2.99. The molecule has 0 saturated carbocycles. The van der Waals surface area contributed by atoms with Gasteiger partial charge in [-0.25, -0.2) is 4.79 Å². The molecule has 1 aliphatic heterocycles. The number of likely N-dealkylation sites (N-methyl/N-ethyl adjacent to an activating group) is 1. The minimum atomic E-state index is -0.677. The first kappa shape index (κ1) is 34.6. The third kappa shape index (κ3) is 10.3. The van der Waals surface area contributed by atoms with Crippen molar-refractivity contribution in [3.63, 3.8) is 0 Å². The van der Waals surface area contributed by atoms with Crippen molar-refractivity contribution in [3.8, 4) is 0 Å². The second-order valence-corrected chi connectivity index (χ2v) is 11.3. The zero-order chi connectivity index (χ0) is 29.9. The monoisotopic (exact) mass is 557 g/mol. The van der Waals surface area contributed by atoms with Gasteiger partial charge in [0, 0.05) is 27.8 Å². The van der Waals surface area contributed by atoms with Crippen LogP contribution >= 0.6 is 0 Å². The zero-order valence-electron chi connectivity index (χ0n) is 25.6. The molecule has 39 heavy (non-hydrogen) atoms. The summed E-state index contributed by atoms with van der Waals surface area (Å²) >= 11 is 0. The molecule has 0 aromatic heterocycles. The molecule has 0 radical (unpaired) electrons. The van der Waals surface area contributed by atoms with Crippen molar-refractivity contribution >= 4 is 23.9 Å². The molecule has 11 heteroatoms. The molecule has 0 aromatic rings. The van der Waals surface area contributed by atoms with Crippen LogP contribution in [0.25, 0.3) is 0 Å². The molecular formula is C28H51N3O8. The van der Waals surface area contributed by atoms with Crippen LogP contribution in [0, 0.1) is 11.8 Å². The third-order valence-electron chi connectivity index (χ3n) is 7.33. The van der Waals surface area contributed by atoms with Crippen molar-refractivity contribution in [1.29, 1.82) is 0 Å². The van der Waals surface area contributed by atoms with E-state index in [0.29, 0.717) is 6.54 Å². The average Bonchev–Trinajstić information content (AvgIpc) is 3.35. The van der Waals surface area contributed by atoms with Gasteiger partial charge in [-0.15, -0.1) is 0 Å². The van der Waals surface area contributed by atoms with Gasteiger partial charge in [-0.1, -0.05) is 20.3 Å². The smallest absolute Gasteiger partial charge is 0.408 e. The Balaban J connectivity index is 3.02. The predicted molar refractivity (Wildman–Crippen MR) is 147 cm³/mol. The third-order valence-corrected chi connectivity index (χ3v) is 7.33. The molecule has 0 aliphatic carbocycles. The Morgan fingerprint density at radius 1 is 1.08 bits per heavy atom. The number of carbonyl (C=O) groups is 4. The van der Waals surface area contributed by atoms with Gasteiger partial charge in [0.15, 0.2) is 0 Å². The van der Waals surface area contributed by atoms with Gasteiger partial charge in [0.25, 0.3) is 0 Å². The van der Waals surface area contributed by atoms with Crippen LogP contribution in [0.3, 0.4) is 0 Å². The molecule has 1 rings (SSSR count). The Hall–Kier alpha value is -2.40. The number of hydrogen-bond acceptors (Lipinski definition) is 8. The van der Waals surface area contributed by atoms with Crippen LogP contribution in [0.5, 0.6) is 0 Å². The average molecular weight is 558 g/mol. The van der Waals surface area contributed by atoms with E-state index in [2.05, 4.69) is 5.32 Å². The lowest BCUT2D eigenvalue weighted by Gasteiger charge is -2.39. The lowest BCUT2D eigenvalue weighted by Crippen LogP contribution is -2.54. The Labute approximate surface area is 234 Å². The van der Waals surface area contributed by atoms with Crippen LogP contribution in [-0.4, -0.2) is 105 Å². The number of nitrogens with one attached hydrogen (secondary N) is 1. The molecule has 1 N–H and O–H groups in total. The van der Waals surface area contributed by atoms with Crippen molar-refractivity contribution in [2.24, 2.45) is 11.8 Å². The van der Waals surface area contributed by atoms with Gasteiger partial charge in [-0.2, -0.15) is 0 Å². The number of hydrogen-bond donors (Lipinski definition) is 1. The number of likely N-dealkylation sites (tertiary alicyclic amines) is 1. The van der Waals surface area contributed by atoms with Crippen LogP contribution in [0.15, 0.2) is 0 Å². The number of rotatable bonds is 14. The highest BCUT2D eigenvalue weighted by molar-refractivity contribution is 5.83. The fourth-order valence-electron chi connectivity index (χ4n) is 5.17. The van der Waals surface area contributed by atoms with Crippen LogP contribution in [0.2, 0.25) is 0 Å². The minimum Gasteiger partial charge on any atom is -0.466 e. The Bertz CT molecular complexity index is 815. The second kappa shape index (κ2) is 16.0. The summed E-state index contributed by atoms with van der Waals surface area (Å²) in [4.78, 5) is 54.4. The maximum atomic E-state index is 13.6. The molecule has 6 atom stereocenters. The summed E-state index contributed by atoms with van der Waals surface area (Å²) in [5.41, 5.74) is -0.677. The SMILES string of the molecule is CCOC(=O)C(C)C(OC)C1CCCN1C(=O)CC(OC)C(C(C)CC)N(C)C(=O)CNC(=O)OC(C)(C)C. The first-order chi connectivity index (χ1) is 18.2. The van der Waals surface area contributed by atoms with Gasteiger partial charge in [0.05, 0.1) is 43.2 Å². The van der Waals surface area contributed by atoms with Crippen LogP contribution < -0.4 is 5.32 Å². The van der Waals surface area contributed by atoms with E-state index in [-0.39, 0.29) is 49.3 Å². The highest BCUT2D eigenvalue weighted by atomic mass is 16.6. The van der Waals surface area contributed by atoms with E-state index >= 15 is 0 Å². The first-order valence-electron chi connectivity index (χ1n) is 14.0. The van der Waals surface area contributed by atoms with Gasteiger partial charge < -0.3 is 34.1 Å². The quantitative estimate of drug-likeness (QED) is 0.323. The number of carbonyl (C=O) groups excluding carboxylic acids is 4. The number of methoxy groups -OCH3 is 2. The molecule has 11 nitrogen and oxygen atoms in total. The molecule has 0 aromatic carbocycles. The fraction of sp³-hybridized carbons (Fsp3) is 0.857. The van der Waals surface area contributed by atoms with E-state index in [9.17, 15) is 19.2 Å². The summed E-state index contributed by atoms with van der Waals surface area (Å²) in [7, 11) is 4.74. The maximum absolute atomic E-state index is 13.6. The summed E-state index contributed by atoms with van der Waals surface area (Å²) in [6.07, 6.45) is 0.585. The van der Waals surface area contributed by atoms with Gasteiger partial charge in [0.1, 0.15) is 12.1 Å². The van der Waals surface area contributed by atoms with Gasteiger partial charge in [0.2, 0.25) is 11.8 Å². The number of nitrogens with zero attached hydrogens (tertiary/aromatic N) is 2. The Morgan fingerprint density at radius 2 is 1.72 bits per heavy atom. The molecular weight excluding hydrogens is 506 g/mol. The lowest BCUT2D eigenvalue weighted by atomic mass is 9.90. The standard InChI is InChI=1S/C28H51N3O8/c1-11-18(3)24(30(8)23(33)17-29-27(35)39-28(5,6)7)21(36-9)16-22(32)31-15-13-14-20(31)25(37-10)19(4)26(34)38-12-2/h18-21,24-25H,11-17H2,1-10H3,(H,29,35). The molecule has 3 amide bonds. The van der Waals surface area contributed by atoms with Gasteiger partial charge >= 0.3 is 12.1 Å². The van der Waals surface area contributed by atoms with Crippen molar-refractivity contribution in [2.75, 3.05) is 41.0 Å². The van der Waals surface area contributed by atoms with Crippen molar-refractivity contribution < 1.29 is 38.1 Å². The molecule has 226 valence electrons. The molecule has 0 spiro atoms.